The number of thiol groups is 1. The van der Waals surface area contributed by atoms with Crippen molar-refractivity contribution >= 4 is 18.5 Å². The molecule has 0 unspecified atom stereocenters. The van der Waals surface area contributed by atoms with Crippen LogP contribution in [0.5, 0.6) is 0 Å². The summed E-state index contributed by atoms with van der Waals surface area (Å²) in [6, 6.07) is 6.59. The van der Waals surface area contributed by atoms with Crippen LogP contribution in [0.25, 0.3) is 0 Å². The van der Waals surface area contributed by atoms with Crippen LogP contribution in [0.3, 0.4) is 0 Å². The second kappa shape index (κ2) is 5.28. The highest BCUT2D eigenvalue weighted by Crippen LogP contribution is 2.30. The first-order chi connectivity index (χ1) is 8.88. The lowest BCUT2D eigenvalue weighted by molar-refractivity contribution is -0.0957. The van der Waals surface area contributed by atoms with E-state index in [0.29, 0.717) is 5.56 Å². The number of carbonyl (C=O) groups excluding carboxylic acids is 1. The molecule has 0 N–H and O–H groups in total. The minimum Gasteiger partial charge on any atom is -0.335 e. The highest BCUT2D eigenvalue weighted by molar-refractivity contribution is 7.80. The molecule has 0 saturated carbocycles. The van der Waals surface area contributed by atoms with Crippen molar-refractivity contribution < 1.29 is 18.0 Å². The molecule has 1 aromatic rings. The molecule has 0 aliphatic carbocycles. The molecule has 1 aliphatic rings. The van der Waals surface area contributed by atoms with E-state index in [1.807, 2.05) is 0 Å². The van der Waals surface area contributed by atoms with Crippen molar-refractivity contribution in [1.29, 1.82) is 0 Å². The fourth-order valence-electron chi connectivity index (χ4n) is 1.90. The number of amides is 1. The molecular weight excluding hydrogens is 275 g/mol. The fourth-order valence-corrected chi connectivity index (χ4v) is 2.05. The number of hydrogen-bond acceptors (Lipinski definition) is 2. The van der Waals surface area contributed by atoms with Gasteiger partial charge in [0.2, 0.25) is 0 Å². The molecule has 102 valence electrons. The molecule has 1 amide bonds. The van der Waals surface area contributed by atoms with Crippen LogP contribution in [0.2, 0.25) is 0 Å². The molecule has 0 saturated heterocycles. The normalized spacial score (nSPS) is 16.2. The van der Waals surface area contributed by atoms with Gasteiger partial charge in [0.25, 0.3) is 5.91 Å². The Morgan fingerprint density at radius 3 is 2.32 bits per heavy atom. The molecule has 2 rings (SSSR count). The van der Waals surface area contributed by atoms with Gasteiger partial charge in [0.15, 0.2) is 0 Å². The van der Waals surface area contributed by atoms with Gasteiger partial charge in [-0.05, 0) is 30.7 Å². The Morgan fingerprint density at radius 1 is 1.21 bits per heavy atom. The Kier molecular flexibility index (Phi) is 3.89. The van der Waals surface area contributed by atoms with Gasteiger partial charge in [0.05, 0.1) is 0 Å². The first-order valence-corrected chi connectivity index (χ1v) is 6.17. The predicted octanol–water partition coefficient (Wildman–Crippen LogP) is 3.31. The maximum absolute atomic E-state index is 12.5. The Balaban J connectivity index is 2.07. The van der Waals surface area contributed by atoms with Gasteiger partial charge in [-0.25, -0.2) is 0 Å². The van der Waals surface area contributed by atoms with E-state index < -0.39 is 11.7 Å². The van der Waals surface area contributed by atoms with Gasteiger partial charge in [0.1, 0.15) is 0 Å². The maximum atomic E-state index is 12.5. The van der Waals surface area contributed by atoms with E-state index in [1.54, 1.807) is 24.3 Å². The summed E-state index contributed by atoms with van der Waals surface area (Å²) in [6.45, 7) is 0.0864. The van der Waals surface area contributed by atoms with E-state index in [4.69, 9.17) is 0 Å². The second-order valence-corrected chi connectivity index (χ2v) is 4.79. The van der Waals surface area contributed by atoms with Crippen LogP contribution in [-0.4, -0.2) is 30.1 Å². The van der Waals surface area contributed by atoms with Crippen LogP contribution in [0, 0.1) is 0 Å². The highest BCUT2D eigenvalue weighted by atomic mass is 32.1. The third kappa shape index (κ3) is 3.32. The van der Waals surface area contributed by atoms with Crippen molar-refractivity contribution in [2.45, 2.75) is 17.5 Å². The summed E-state index contributed by atoms with van der Waals surface area (Å²) in [5.41, 5.74) is -0.0936. The van der Waals surface area contributed by atoms with Crippen molar-refractivity contribution in [2.75, 3.05) is 13.1 Å². The molecule has 0 fully saturated rings. The molecule has 1 heterocycles. The fraction of sp³-hybridized carbons (Fsp3) is 0.308. The molecule has 19 heavy (non-hydrogen) atoms. The van der Waals surface area contributed by atoms with Crippen LogP contribution in [0.4, 0.5) is 13.2 Å². The van der Waals surface area contributed by atoms with Crippen LogP contribution in [-0.2, 0) is 0 Å². The van der Waals surface area contributed by atoms with E-state index in [2.05, 4.69) is 12.6 Å². The molecular formula is C13H12F3NOS. The Labute approximate surface area is 114 Å². The predicted molar refractivity (Wildman–Crippen MR) is 68.4 cm³/mol. The van der Waals surface area contributed by atoms with E-state index in [-0.39, 0.29) is 25.4 Å². The van der Waals surface area contributed by atoms with Crippen molar-refractivity contribution in [3.8, 4) is 0 Å². The van der Waals surface area contributed by atoms with Gasteiger partial charge < -0.3 is 4.90 Å². The number of nitrogens with zero attached hydrogens (tertiary/aromatic N) is 1. The lowest BCUT2D eigenvalue weighted by Crippen LogP contribution is -2.36. The largest absolute Gasteiger partial charge is 0.412 e. The van der Waals surface area contributed by atoms with Crippen LogP contribution < -0.4 is 0 Å². The van der Waals surface area contributed by atoms with E-state index in [0.717, 1.165) is 11.0 Å². The van der Waals surface area contributed by atoms with Gasteiger partial charge in [-0.2, -0.15) is 13.2 Å². The molecule has 0 bridgehead atoms. The van der Waals surface area contributed by atoms with Gasteiger partial charge in [-0.1, -0.05) is 6.08 Å². The van der Waals surface area contributed by atoms with Gasteiger partial charge in [-0.15, -0.1) is 12.6 Å². The monoisotopic (exact) mass is 287 g/mol. The SMILES string of the molecule is O=C(c1ccc(S)cc1)N1CC=C(C(F)(F)F)CC1. The Bertz CT molecular complexity index is 508. The molecule has 1 aromatic carbocycles. The summed E-state index contributed by atoms with van der Waals surface area (Å²) in [6.07, 6.45) is -3.36. The van der Waals surface area contributed by atoms with Crippen molar-refractivity contribution in [1.82, 2.24) is 4.90 Å². The average Bonchev–Trinajstić information content (AvgIpc) is 2.38. The Hall–Kier alpha value is -1.43. The van der Waals surface area contributed by atoms with E-state index in [9.17, 15) is 18.0 Å². The van der Waals surface area contributed by atoms with Crippen LogP contribution >= 0.6 is 12.6 Å². The number of halogens is 3. The number of benzene rings is 1. The molecule has 0 atom stereocenters. The third-order valence-electron chi connectivity index (χ3n) is 2.97. The zero-order chi connectivity index (χ0) is 14.0. The molecule has 2 nitrogen and oxygen atoms in total. The zero-order valence-corrected chi connectivity index (χ0v) is 10.8. The summed E-state index contributed by atoms with van der Waals surface area (Å²) in [4.78, 5) is 14.2. The zero-order valence-electron chi connectivity index (χ0n) is 9.94. The second-order valence-electron chi connectivity index (χ2n) is 4.28. The van der Waals surface area contributed by atoms with Crippen molar-refractivity contribution in [3.05, 3.63) is 41.5 Å². The van der Waals surface area contributed by atoms with Gasteiger partial charge in [-0.3, -0.25) is 4.79 Å². The number of rotatable bonds is 1. The number of alkyl halides is 3. The van der Waals surface area contributed by atoms with Crippen molar-refractivity contribution in [3.63, 3.8) is 0 Å². The first kappa shape index (κ1) is 14.0. The van der Waals surface area contributed by atoms with Gasteiger partial charge >= 0.3 is 6.18 Å². The minimum atomic E-state index is -4.29. The average molecular weight is 287 g/mol. The summed E-state index contributed by atoms with van der Waals surface area (Å²) < 4.78 is 37.4. The number of carbonyl (C=O) groups is 1. The smallest absolute Gasteiger partial charge is 0.335 e. The molecule has 1 aliphatic heterocycles. The molecule has 6 heteroatoms. The first-order valence-electron chi connectivity index (χ1n) is 5.72. The van der Waals surface area contributed by atoms with E-state index in [1.165, 1.54) is 4.90 Å². The lowest BCUT2D eigenvalue weighted by Gasteiger charge is -2.27. The molecule has 0 radical (unpaired) electrons. The highest BCUT2D eigenvalue weighted by Gasteiger charge is 2.35. The quantitative estimate of drug-likeness (QED) is 0.620. The third-order valence-corrected chi connectivity index (χ3v) is 3.27. The van der Waals surface area contributed by atoms with Crippen molar-refractivity contribution in [2.24, 2.45) is 0 Å². The topological polar surface area (TPSA) is 20.3 Å². The molecule has 0 spiro atoms. The Morgan fingerprint density at radius 2 is 1.84 bits per heavy atom. The van der Waals surface area contributed by atoms with E-state index >= 15 is 0 Å². The minimum absolute atomic E-state index is 0.00367. The van der Waals surface area contributed by atoms with Crippen LogP contribution in [0.1, 0.15) is 16.8 Å². The maximum Gasteiger partial charge on any atom is 0.412 e. The number of hydrogen-bond donors (Lipinski definition) is 1. The van der Waals surface area contributed by atoms with Gasteiger partial charge in [0, 0.05) is 29.1 Å². The summed E-state index contributed by atoms with van der Waals surface area (Å²) in [7, 11) is 0. The standard InChI is InChI=1S/C13H12F3NOS/c14-13(15,16)10-5-7-17(8-6-10)12(18)9-1-3-11(19)4-2-9/h1-5,19H,6-8H2. The summed E-state index contributed by atoms with van der Waals surface area (Å²) in [5, 5.41) is 0. The lowest BCUT2D eigenvalue weighted by atomic mass is 10.1. The van der Waals surface area contributed by atoms with Crippen LogP contribution in [0.15, 0.2) is 40.8 Å². The molecule has 0 aromatic heterocycles. The summed E-state index contributed by atoms with van der Waals surface area (Å²) in [5.74, 6) is -0.259. The summed E-state index contributed by atoms with van der Waals surface area (Å²) >= 11 is 4.11.